The third kappa shape index (κ3) is 2.67. The summed E-state index contributed by atoms with van der Waals surface area (Å²) in [7, 11) is 0. The highest BCUT2D eigenvalue weighted by Gasteiger charge is 2.10. The van der Waals surface area contributed by atoms with Crippen LogP contribution in [0.5, 0.6) is 0 Å². The van der Waals surface area contributed by atoms with E-state index in [1.54, 1.807) is 12.1 Å². The van der Waals surface area contributed by atoms with E-state index in [2.05, 4.69) is 15.3 Å². The molecule has 0 atom stereocenters. The number of nitrogens with one attached hydrogen (secondary N) is 1. The minimum Gasteiger partial charge on any atom is -0.397 e. The van der Waals surface area contributed by atoms with Crippen LogP contribution in [0.15, 0.2) is 48.7 Å². The smallest absolute Gasteiger partial charge is 0.274 e. The summed E-state index contributed by atoms with van der Waals surface area (Å²) in [4.78, 5) is 20.7. The summed E-state index contributed by atoms with van der Waals surface area (Å²) in [6.45, 7) is 1.89. The normalized spacial score (nSPS) is 10.5. The van der Waals surface area contributed by atoms with E-state index in [-0.39, 0.29) is 5.91 Å². The number of nitrogens with two attached hydrogens (primary N) is 1. The Morgan fingerprint density at radius 1 is 1.19 bits per heavy atom. The van der Waals surface area contributed by atoms with Crippen molar-refractivity contribution in [3.05, 3.63) is 60.0 Å². The number of hydrogen-bond donors (Lipinski definition) is 2. The molecule has 3 N–H and O–H groups in total. The van der Waals surface area contributed by atoms with Crippen molar-refractivity contribution in [1.82, 2.24) is 9.97 Å². The number of aryl methyl sites for hydroxylation is 1. The van der Waals surface area contributed by atoms with Crippen molar-refractivity contribution >= 4 is 28.2 Å². The number of pyridine rings is 2. The maximum absolute atomic E-state index is 12.2. The molecule has 0 fully saturated rings. The van der Waals surface area contributed by atoms with Gasteiger partial charge >= 0.3 is 0 Å². The van der Waals surface area contributed by atoms with Crippen LogP contribution in [0.3, 0.4) is 0 Å². The van der Waals surface area contributed by atoms with Gasteiger partial charge in [0.05, 0.1) is 23.1 Å². The summed E-state index contributed by atoms with van der Waals surface area (Å²) in [5.41, 5.74) is 8.83. The second-order valence-electron chi connectivity index (χ2n) is 4.76. The highest BCUT2D eigenvalue weighted by Crippen LogP contribution is 2.23. The molecule has 0 spiro atoms. The van der Waals surface area contributed by atoms with Gasteiger partial charge in [0.1, 0.15) is 5.69 Å². The first-order valence-corrected chi connectivity index (χ1v) is 6.53. The van der Waals surface area contributed by atoms with Crippen LogP contribution < -0.4 is 11.1 Å². The Labute approximate surface area is 121 Å². The van der Waals surface area contributed by atoms with Crippen molar-refractivity contribution in [3.8, 4) is 0 Å². The Morgan fingerprint density at radius 2 is 2.00 bits per heavy atom. The molecule has 0 aliphatic rings. The molecule has 1 amide bonds. The number of fused-ring (bicyclic) bond motifs is 1. The van der Waals surface area contributed by atoms with Gasteiger partial charge in [0, 0.05) is 11.1 Å². The maximum Gasteiger partial charge on any atom is 0.274 e. The molecule has 0 aliphatic carbocycles. The van der Waals surface area contributed by atoms with Crippen molar-refractivity contribution in [2.45, 2.75) is 6.92 Å². The molecule has 5 heteroatoms. The Kier molecular flexibility index (Phi) is 3.23. The van der Waals surface area contributed by atoms with E-state index >= 15 is 0 Å². The highest BCUT2D eigenvalue weighted by atomic mass is 16.1. The Balaban J connectivity index is 1.98. The number of para-hydroxylation sites is 1. The predicted octanol–water partition coefficient (Wildman–Crippen LogP) is 2.77. The molecule has 0 saturated carbocycles. The molecule has 1 aromatic carbocycles. The molecule has 5 nitrogen and oxygen atoms in total. The van der Waals surface area contributed by atoms with Gasteiger partial charge in [-0.3, -0.25) is 9.78 Å². The molecule has 0 radical (unpaired) electrons. The fourth-order valence-electron chi connectivity index (χ4n) is 2.14. The largest absolute Gasteiger partial charge is 0.397 e. The van der Waals surface area contributed by atoms with Crippen LogP contribution in [0.2, 0.25) is 0 Å². The molecule has 3 aromatic rings. The highest BCUT2D eigenvalue weighted by molar-refractivity contribution is 6.07. The minimum atomic E-state index is -0.272. The zero-order valence-electron chi connectivity index (χ0n) is 11.5. The topological polar surface area (TPSA) is 80.9 Å². The van der Waals surface area contributed by atoms with Crippen molar-refractivity contribution in [1.29, 1.82) is 0 Å². The molecule has 0 bridgehead atoms. The number of aromatic nitrogens is 2. The van der Waals surface area contributed by atoms with Gasteiger partial charge in [-0.1, -0.05) is 18.2 Å². The number of anilines is 2. The molecule has 2 heterocycles. The number of carbonyl (C=O) groups excluding carboxylic acids is 1. The first kappa shape index (κ1) is 13.1. The number of carbonyl (C=O) groups is 1. The number of benzene rings is 1. The lowest BCUT2D eigenvalue weighted by Crippen LogP contribution is -2.14. The van der Waals surface area contributed by atoms with Crippen molar-refractivity contribution in [3.63, 3.8) is 0 Å². The number of rotatable bonds is 2. The maximum atomic E-state index is 12.2. The summed E-state index contributed by atoms with van der Waals surface area (Å²) in [6.07, 6.45) is 1.46. The van der Waals surface area contributed by atoms with Gasteiger partial charge in [-0.05, 0) is 31.2 Å². The van der Waals surface area contributed by atoms with E-state index < -0.39 is 0 Å². The SMILES string of the molecule is Cc1cc(NC(=O)c2ccc(N)cn2)c2ccccc2n1. The number of nitrogens with zero attached hydrogens (tertiary/aromatic N) is 2. The van der Waals surface area contributed by atoms with Gasteiger partial charge in [0.25, 0.3) is 5.91 Å². The second-order valence-corrected chi connectivity index (χ2v) is 4.76. The van der Waals surface area contributed by atoms with Crippen LogP contribution in [-0.4, -0.2) is 15.9 Å². The van der Waals surface area contributed by atoms with Gasteiger partial charge in [0.2, 0.25) is 0 Å². The Hall–Kier alpha value is -2.95. The molecular formula is C16H14N4O. The van der Waals surface area contributed by atoms with Crippen LogP contribution >= 0.6 is 0 Å². The summed E-state index contributed by atoms with van der Waals surface area (Å²) in [5.74, 6) is -0.272. The van der Waals surface area contributed by atoms with Crippen molar-refractivity contribution in [2.24, 2.45) is 0 Å². The van der Waals surface area contributed by atoms with E-state index in [9.17, 15) is 4.79 Å². The van der Waals surface area contributed by atoms with Crippen molar-refractivity contribution in [2.75, 3.05) is 11.1 Å². The third-order valence-electron chi connectivity index (χ3n) is 3.11. The van der Waals surface area contributed by atoms with Crippen molar-refractivity contribution < 1.29 is 4.79 Å². The summed E-state index contributed by atoms with van der Waals surface area (Å²) in [5, 5.41) is 3.77. The van der Waals surface area contributed by atoms with Gasteiger partial charge < -0.3 is 11.1 Å². The molecule has 0 aliphatic heterocycles. The average Bonchev–Trinajstić information content (AvgIpc) is 2.47. The van der Waals surface area contributed by atoms with Crippen LogP contribution in [0.25, 0.3) is 10.9 Å². The first-order valence-electron chi connectivity index (χ1n) is 6.53. The zero-order chi connectivity index (χ0) is 14.8. The average molecular weight is 278 g/mol. The molecule has 2 aromatic heterocycles. The number of amides is 1. The lowest BCUT2D eigenvalue weighted by molar-refractivity contribution is 0.102. The number of hydrogen-bond acceptors (Lipinski definition) is 4. The summed E-state index contributed by atoms with van der Waals surface area (Å²) >= 11 is 0. The fourth-order valence-corrected chi connectivity index (χ4v) is 2.14. The standard InChI is InChI=1S/C16H14N4O/c1-10-8-15(12-4-2-3-5-13(12)19-10)20-16(21)14-7-6-11(17)9-18-14/h2-9H,17H2,1H3,(H,19,20,21). The predicted molar refractivity (Wildman–Crippen MR) is 83.1 cm³/mol. The Bertz CT molecular complexity index is 812. The van der Waals surface area contributed by atoms with E-state index in [1.165, 1.54) is 6.20 Å². The molecule has 3 rings (SSSR count). The lowest BCUT2D eigenvalue weighted by atomic mass is 10.1. The molecule has 21 heavy (non-hydrogen) atoms. The van der Waals surface area contributed by atoms with Gasteiger partial charge in [-0.2, -0.15) is 0 Å². The molecule has 104 valence electrons. The minimum absolute atomic E-state index is 0.272. The lowest BCUT2D eigenvalue weighted by Gasteiger charge is -2.09. The fraction of sp³-hybridized carbons (Fsp3) is 0.0625. The quantitative estimate of drug-likeness (QED) is 0.755. The second kappa shape index (κ2) is 5.20. The van der Waals surface area contributed by atoms with Crippen LogP contribution in [0.1, 0.15) is 16.2 Å². The van der Waals surface area contributed by atoms with E-state index in [1.807, 2.05) is 37.3 Å². The van der Waals surface area contributed by atoms with E-state index in [4.69, 9.17) is 5.73 Å². The van der Waals surface area contributed by atoms with Gasteiger partial charge in [-0.15, -0.1) is 0 Å². The van der Waals surface area contributed by atoms with Crippen LogP contribution in [0, 0.1) is 6.92 Å². The van der Waals surface area contributed by atoms with Crippen LogP contribution in [-0.2, 0) is 0 Å². The molecular weight excluding hydrogens is 264 g/mol. The molecule has 0 unspecified atom stereocenters. The van der Waals surface area contributed by atoms with E-state index in [0.717, 1.165) is 22.3 Å². The molecule has 0 saturated heterocycles. The van der Waals surface area contributed by atoms with Gasteiger partial charge in [-0.25, -0.2) is 4.98 Å². The monoisotopic (exact) mass is 278 g/mol. The third-order valence-corrected chi connectivity index (χ3v) is 3.11. The van der Waals surface area contributed by atoms with E-state index in [0.29, 0.717) is 11.4 Å². The first-order chi connectivity index (χ1) is 10.1. The van der Waals surface area contributed by atoms with Crippen LogP contribution in [0.4, 0.5) is 11.4 Å². The van der Waals surface area contributed by atoms with Gasteiger partial charge in [0.15, 0.2) is 0 Å². The zero-order valence-corrected chi connectivity index (χ0v) is 11.5. The summed E-state index contributed by atoms with van der Waals surface area (Å²) < 4.78 is 0. The Morgan fingerprint density at radius 3 is 2.76 bits per heavy atom. The summed E-state index contributed by atoms with van der Waals surface area (Å²) in [6, 6.07) is 12.8. The number of nitrogen functional groups attached to an aromatic ring is 1.